The van der Waals surface area contributed by atoms with Gasteiger partial charge in [-0.1, -0.05) is 23.7 Å². The molecule has 2 N–H and O–H groups in total. The molecule has 0 saturated carbocycles. The quantitative estimate of drug-likeness (QED) is 0.699. The molecule has 1 atom stereocenters. The van der Waals surface area contributed by atoms with Gasteiger partial charge in [0.1, 0.15) is 11.4 Å². The van der Waals surface area contributed by atoms with E-state index in [-0.39, 0.29) is 6.61 Å². The fourth-order valence-corrected chi connectivity index (χ4v) is 1.74. The molecule has 0 amide bonds. The van der Waals surface area contributed by atoms with E-state index < -0.39 is 0 Å². The number of aromatic nitrogens is 2. The van der Waals surface area contributed by atoms with Crippen LogP contribution in [0.2, 0.25) is 0 Å². The van der Waals surface area contributed by atoms with E-state index in [0.29, 0.717) is 12.5 Å². The molecular formula is C11H21N3O2. The van der Waals surface area contributed by atoms with Crippen molar-refractivity contribution in [1.29, 1.82) is 0 Å². The Morgan fingerprint density at radius 3 is 2.75 bits per heavy atom. The summed E-state index contributed by atoms with van der Waals surface area (Å²) in [7, 11) is 0. The molecule has 1 unspecified atom stereocenters. The van der Waals surface area contributed by atoms with Crippen LogP contribution in [0.15, 0.2) is 4.63 Å². The lowest BCUT2D eigenvalue weighted by atomic mass is 10.0. The highest BCUT2D eigenvalue weighted by Crippen LogP contribution is 2.09. The molecule has 0 fully saturated rings. The monoisotopic (exact) mass is 227 g/mol. The maximum atomic E-state index is 8.93. The highest BCUT2D eigenvalue weighted by Gasteiger charge is 2.08. The van der Waals surface area contributed by atoms with Crippen molar-refractivity contribution in [2.45, 2.75) is 39.7 Å². The van der Waals surface area contributed by atoms with E-state index in [9.17, 15) is 0 Å². The van der Waals surface area contributed by atoms with Crippen molar-refractivity contribution in [1.82, 2.24) is 15.6 Å². The van der Waals surface area contributed by atoms with Crippen LogP contribution in [0.1, 0.15) is 37.6 Å². The van der Waals surface area contributed by atoms with Gasteiger partial charge in [0.25, 0.3) is 0 Å². The molecule has 0 radical (unpaired) electrons. The number of rotatable bonds is 8. The maximum Gasteiger partial charge on any atom is 0.121 e. The Bertz CT molecular complexity index is 283. The number of hydrogen-bond donors (Lipinski definition) is 2. The van der Waals surface area contributed by atoms with Gasteiger partial charge in [-0.15, -0.1) is 0 Å². The number of hydrogen-bond acceptors (Lipinski definition) is 5. The Morgan fingerprint density at radius 2 is 2.19 bits per heavy atom. The van der Waals surface area contributed by atoms with Gasteiger partial charge in [0.05, 0.1) is 0 Å². The van der Waals surface area contributed by atoms with Crippen LogP contribution in [-0.4, -0.2) is 28.6 Å². The standard InChI is InChI=1S/C11H21N3O2/c1-3-4-10(5-6-15)7-12-8-11-9(2)13-16-14-11/h10,12,15H,3-8H2,1-2H3. The summed E-state index contributed by atoms with van der Waals surface area (Å²) >= 11 is 0. The summed E-state index contributed by atoms with van der Waals surface area (Å²) in [6, 6.07) is 0. The zero-order valence-electron chi connectivity index (χ0n) is 10.1. The largest absolute Gasteiger partial charge is 0.396 e. The molecular weight excluding hydrogens is 206 g/mol. The highest BCUT2D eigenvalue weighted by molar-refractivity contribution is 5.03. The third-order valence-electron chi connectivity index (χ3n) is 2.71. The van der Waals surface area contributed by atoms with Gasteiger partial charge in [-0.2, -0.15) is 0 Å². The lowest BCUT2D eigenvalue weighted by Crippen LogP contribution is -2.23. The van der Waals surface area contributed by atoms with Crippen LogP contribution in [0.4, 0.5) is 0 Å². The van der Waals surface area contributed by atoms with E-state index >= 15 is 0 Å². The first-order valence-corrected chi connectivity index (χ1v) is 5.87. The molecule has 1 rings (SSSR count). The minimum atomic E-state index is 0.261. The lowest BCUT2D eigenvalue weighted by molar-refractivity contribution is 0.247. The minimum Gasteiger partial charge on any atom is -0.396 e. The second-order valence-corrected chi connectivity index (χ2v) is 4.09. The molecule has 0 aromatic carbocycles. The van der Waals surface area contributed by atoms with Gasteiger partial charge in [-0.25, -0.2) is 4.63 Å². The third kappa shape index (κ3) is 4.28. The predicted octanol–water partition coefficient (Wildman–Crippen LogP) is 1.27. The average Bonchev–Trinajstić information content (AvgIpc) is 2.65. The molecule has 0 aliphatic carbocycles. The van der Waals surface area contributed by atoms with Gasteiger partial charge in [0.2, 0.25) is 0 Å². The zero-order chi connectivity index (χ0) is 11.8. The molecule has 1 aromatic heterocycles. The Labute approximate surface area is 96.2 Å². The van der Waals surface area contributed by atoms with Gasteiger partial charge >= 0.3 is 0 Å². The number of nitrogens with one attached hydrogen (secondary N) is 1. The molecule has 1 heterocycles. The van der Waals surface area contributed by atoms with E-state index in [0.717, 1.165) is 37.2 Å². The molecule has 0 aliphatic heterocycles. The second kappa shape index (κ2) is 7.35. The van der Waals surface area contributed by atoms with Gasteiger partial charge < -0.3 is 10.4 Å². The molecule has 16 heavy (non-hydrogen) atoms. The van der Waals surface area contributed by atoms with Crippen molar-refractivity contribution in [2.24, 2.45) is 5.92 Å². The number of aryl methyl sites for hydroxylation is 1. The van der Waals surface area contributed by atoms with Crippen LogP contribution in [0, 0.1) is 12.8 Å². The summed E-state index contributed by atoms with van der Waals surface area (Å²) in [5.41, 5.74) is 1.70. The Kier molecular flexibility index (Phi) is 6.03. The molecule has 5 nitrogen and oxygen atoms in total. The number of aliphatic hydroxyl groups excluding tert-OH is 1. The Morgan fingerprint density at radius 1 is 1.38 bits per heavy atom. The van der Waals surface area contributed by atoms with Crippen molar-refractivity contribution in [2.75, 3.05) is 13.2 Å². The number of aliphatic hydroxyl groups is 1. The van der Waals surface area contributed by atoms with E-state index in [1.165, 1.54) is 0 Å². The lowest BCUT2D eigenvalue weighted by Gasteiger charge is -2.14. The van der Waals surface area contributed by atoms with E-state index in [2.05, 4.69) is 27.2 Å². The number of nitrogens with zero attached hydrogens (tertiary/aromatic N) is 2. The minimum absolute atomic E-state index is 0.261. The molecule has 5 heteroatoms. The van der Waals surface area contributed by atoms with Crippen molar-refractivity contribution < 1.29 is 9.74 Å². The van der Waals surface area contributed by atoms with Gasteiger partial charge in [0, 0.05) is 13.2 Å². The van der Waals surface area contributed by atoms with Gasteiger partial charge in [-0.3, -0.25) is 0 Å². The van der Waals surface area contributed by atoms with E-state index in [4.69, 9.17) is 5.11 Å². The maximum absolute atomic E-state index is 8.93. The predicted molar refractivity (Wildman–Crippen MR) is 60.8 cm³/mol. The Hall–Kier alpha value is -0.940. The fourth-order valence-electron chi connectivity index (χ4n) is 1.74. The van der Waals surface area contributed by atoms with Crippen LogP contribution < -0.4 is 5.32 Å². The van der Waals surface area contributed by atoms with Crippen molar-refractivity contribution >= 4 is 0 Å². The summed E-state index contributed by atoms with van der Waals surface area (Å²) in [4.78, 5) is 0. The molecule has 0 aliphatic rings. The summed E-state index contributed by atoms with van der Waals surface area (Å²) < 4.78 is 4.62. The van der Waals surface area contributed by atoms with Crippen LogP contribution in [0.25, 0.3) is 0 Å². The fraction of sp³-hybridized carbons (Fsp3) is 0.818. The molecule has 1 aromatic rings. The van der Waals surface area contributed by atoms with Crippen molar-refractivity contribution in [3.8, 4) is 0 Å². The second-order valence-electron chi connectivity index (χ2n) is 4.09. The molecule has 0 bridgehead atoms. The van der Waals surface area contributed by atoms with Gasteiger partial charge in [0.15, 0.2) is 0 Å². The Balaban J connectivity index is 2.24. The normalized spacial score (nSPS) is 12.9. The summed E-state index contributed by atoms with van der Waals surface area (Å²) in [6.45, 7) is 5.89. The first-order chi connectivity index (χ1) is 7.77. The smallest absolute Gasteiger partial charge is 0.121 e. The van der Waals surface area contributed by atoms with Crippen LogP contribution in [0.5, 0.6) is 0 Å². The highest BCUT2D eigenvalue weighted by atomic mass is 16.6. The molecule has 0 spiro atoms. The van der Waals surface area contributed by atoms with Crippen LogP contribution in [-0.2, 0) is 6.54 Å². The van der Waals surface area contributed by atoms with E-state index in [1.807, 2.05) is 6.92 Å². The SMILES string of the molecule is CCCC(CCO)CNCc1nonc1C. The molecule has 0 saturated heterocycles. The third-order valence-corrected chi connectivity index (χ3v) is 2.71. The van der Waals surface area contributed by atoms with Crippen molar-refractivity contribution in [3.05, 3.63) is 11.4 Å². The first kappa shape index (κ1) is 13.1. The topological polar surface area (TPSA) is 71.2 Å². The summed E-state index contributed by atoms with van der Waals surface area (Å²) in [5.74, 6) is 0.537. The zero-order valence-corrected chi connectivity index (χ0v) is 10.1. The average molecular weight is 227 g/mol. The summed E-state index contributed by atoms with van der Waals surface area (Å²) in [6.07, 6.45) is 3.15. The van der Waals surface area contributed by atoms with Crippen molar-refractivity contribution in [3.63, 3.8) is 0 Å². The van der Waals surface area contributed by atoms with Gasteiger partial charge in [-0.05, 0) is 32.2 Å². The summed E-state index contributed by atoms with van der Waals surface area (Å²) in [5, 5.41) is 19.8. The van der Waals surface area contributed by atoms with Crippen LogP contribution >= 0.6 is 0 Å². The van der Waals surface area contributed by atoms with Crippen LogP contribution in [0.3, 0.4) is 0 Å². The first-order valence-electron chi connectivity index (χ1n) is 5.87. The molecule has 92 valence electrons. The van der Waals surface area contributed by atoms with E-state index in [1.54, 1.807) is 0 Å².